The zero-order valence-corrected chi connectivity index (χ0v) is 12.1. The van der Waals surface area contributed by atoms with Gasteiger partial charge in [-0.2, -0.15) is 18.2 Å². The molecule has 0 aliphatic heterocycles. The Hall–Kier alpha value is -2.06. The van der Waals surface area contributed by atoms with Gasteiger partial charge in [0.15, 0.2) is 5.69 Å². The number of aromatic nitrogens is 2. The molecular weight excluding hydrogens is 287 g/mol. The number of halogens is 3. The van der Waals surface area contributed by atoms with Gasteiger partial charge in [-0.05, 0) is 6.42 Å². The third-order valence-corrected chi connectivity index (χ3v) is 2.66. The highest BCUT2D eigenvalue weighted by Gasteiger charge is 2.34. The average molecular weight is 305 g/mol. The van der Waals surface area contributed by atoms with Crippen LogP contribution in [0.15, 0.2) is 6.07 Å². The van der Waals surface area contributed by atoms with Crippen LogP contribution in [0.5, 0.6) is 0 Å². The predicted octanol–water partition coefficient (Wildman–Crippen LogP) is 1.38. The number of nitrogen functional groups attached to an aromatic ring is 1. The van der Waals surface area contributed by atoms with Crippen molar-refractivity contribution in [1.82, 2.24) is 14.9 Å². The molecule has 1 amide bonds. The van der Waals surface area contributed by atoms with E-state index in [0.29, 0.717) is 13.0 Å². The van der Waals surface area contributed by atoms with Gasteiger partial charge in [0, 0.05) is 26.7 Å². The van der Waals surface area contributed by atoms with E-state index in [0.717, 1.165) is 6.07 Å². The number of anilines is 2. The van der Waals surface area contributed by atoms with Crippen LogP contribution in [0.3, 0.4) is 0 Å². The monoisotopic (exact) mass is 305 g/mol. The van der Waals surface area contributed by atoms with Crippen molar-refractivity contribution in [2.24, 2.45) is 0 Å². The van der Waals surface area contributed by atoms with Gasteiger partial charge < -0.3 is 15.5 Å². The van der Waals surface area contributed by atoms with Gasteiger partial charge in [-0.1, -0.05) is 6.92 Å². The SMILES string of the molecule is CCCN(CC(=O)N(C)C)c1cc(C(F)(F)F)nc(N)n1. The summed E-state index contributed by atoms with van der Waals surface area (Å²) in [6.07, 6.45) is -3.97. The standard InChI is InChI=1S/C12H18F3N5O/c1-4-5-20(7-10(21)19(2)3)9-6-8(12(13,14)15)17-11(16)18-9/h6H,4-5,7H2,1-3H3,(H2,16,17,18). The number of likely N-dealkylation sites (N-methyl/N-ethyl adjacent to an activating group) is 1. The number of hydrogen-bond donors (Lipinski definition) is 1. The van der Waals surface area contributed by atoms with Crippen LogP contribution in [0.25, 0.3) is 0 Å². The minimum absolute atomic E-state index is 0.00752. The lowest BCUT2D eigenvalue weighted by Gasteiger charge is -2.24. The summed E-state index contributed by atoms with van der Waals surface area (Å²) in [6, 6.07) is 0.801. The van der Waals surface area contributed by atoms with Crippen LogP contribution in [0.2, 0.25) is 0 Å². The van der Waals surface area contributed by atoms with Gasteiger partial charge in [-0.15, -0.1) is 0 Å². The summed E-state index contributed by atoms with van der Waals surface area (Å²) in [5, 5.41) is 0. The highest BCUT2D eigenvalue weighted by atomic mass is 19.4. The second kappa shape index (κ2) is 6.59. The third-order valence-electron chi connectivity index (χ3n) is 2.66. The van der Waals surface area contributed by atoms with Gasteiger partial charge >= 0.3 is 6.18 Å². The quantitative estimate of drug-likeness (QED) is 0.889. The summed E-state index contributed by atoms with van der Waals surface area (Å²) >= 11 is 0. The maximum Gasteiger partial charge on any atom is 0.433 e. The van der Waals surface area contributed by atoms with E-state index in [4.69, 9.17) is 5.73 Å². The van der Waals surface area contributed by atoms with Gasteiger partial charge in [-0.25, -0.2) is 4.98 Å². The molecule has 0 aliphatic carbocycles. The van der Waals surface area contributed by atoms with Crippen molar-refractivity contribution < 1.29 is 18.0 Å². The molecule has 0 unspecified atom stereocenters. The maximum atomic E-state index is 12.7. The molecule has 118 valence electrons. The lowest BCUT2D eigenvalue weighted by molar-refractivity contribution is -0.141. The Kier molecular flexibility index (Phi) is 5.34. The molecule has 0 spiro atoms. The number of amides is 1. The second-order valence-corrected chi connectivity index (χ2v) is 4.68. The Bertz CT molecular complexity index is 504. The predicted molar refractivity (Wildman–Crippen MR) is 72.6 cm³/mol. The van der Waals surface area contributed by atoms with Gasteiger partial charge in [0.2, 0.25) is 11.9 Å². The zero-order chi connectivity index (χ0) is 16.2. The first kappa shape index (κ1) is 17.0. The van der Waals surface area contributed by atoms with Crippen LogP contribution in [-0.2, 0) is 11.0 Å². The summed E-state index contributed by atoms with van der Waals surface area (Å²) in [6.45, 7) is 2.16. The molecule has 0 fully saturated rings. The number of alkyl halides is 3. The Morgan fingerprint density at radius 3 is 2.43 bits per heavy atom. The van der Waals surface area contributed by atoms with E-state index in [9.17, 15) is 18.0 Å². The van der Waals surface area contributed by atoms with E-state index in [2.05, 4.69) is 9.97 Å². The van der Waals surface area contributed by atoms with Crippen molar-refractivity contribution in [1.29, 1.82) is 0 Å². The summed E-state index contributed by atoms with van der Waals surface area (Å²) in [5.74, 6) is -0.723. The highest BCUT2D eigenvalue weighted by Crippen LogP contribution is 2.30. The van der Waals surface area contributed by atoms with Crippen molar-refractivity contribution >= 4 is 17.7 Å². The molecule has 1 aromatic heterocycles. The first-order chi connectivity index (χ1) is 9.65. The molecule has 0 bridgehead atoms. The normalized spacial score (nSPS) is 11.3. The molecule has 0 aliphatic rings. The van der Waals surface area contributed by atoms with Crippen LogP contribution >= 0.6 is 0 Å². The Balaban J connectivity index is 3.13. The first-order valence-corrected chi connectivity index (χ1v) is 6.32. The molecule has 0 saturated heterocycles. The summed E-state index contributed by atoms with van der Waals surface area (Å²) in [5.41, 5.74) is 4.21. The molecule has 1 aromatic rings. The second-order valence-electron chi connectivity index (χ2n) is 4.68. The van der Waals surface area contributed by atoms with Crippen molar-refractivity contribution in [3.8, 4) is 0 Å². The molecule has 0 saturated carbocycles. The summed E-state index contributed by atoms with van der Waals surface area (Å²) in [7, 11) is 3.14. The number of carbonyl (C=O) groups excluding carboxylic acids is 1. The Labute approximate surface area is 120 Å². The van der Waals surface area contributed by atoms with Crippen molar-refractivity contribution in [3.63, 3.8) is 0 Å². The fraction of sp³-hybridized carbons (Fsp3) is 0.583. The smallest absolute Gasteiger partial charge is 0.368 e. The molecule has 6 nitrogen and oxygen atoms in total. The molecule has 2 N–H and O–H groups in total. The van der Waals surface area contributed by atoms with Gasteiger partial charge in [0.05, 0.1) is 6.54 Å². The topological polar surface area (TPSA) is 75.4 Å². The molecule has 21 heavy (non-hydrogen) atoms. The first-order valence-electron chi connectivity index (χ1n) is 6.32. The van der Waals surface area contributed by atoms with Crippen LogP contribution in [-0.4, -0.2) is 48.0 Å². The fourth-order valence-electron chi connectivity index (χ4n) is 1.61. The van der Waals surface area contributed by atoms with E-state index in [1.807, 2.05) is 6.92 Å². The average Bonchev–Trinajstić information content (AvgIpc) is 2.36. The van der Waals surface area contributed by atoms with E-state index in [1.165, 1.54) is 9.80 Å². The molecule has 9 heteroatoms. The fourth-order valence-corrected chi connectivity index (χ4v) is 1.61. The summed E-state index contributed by atoms with van der Waals surface area (Å²) in [4.78, 5) is 21.6. The minimum Gasteiger partial charge on any atom is -0.368 e. The van der Waals surface area contributed by atoms with Gasteiger partial charge in [0.25, 0.3) is 0 Å². The van der Waals surface area contributed by atoms with E-state index in [1.54, 1.807) is 14.1 Å². The molecule has 1 heterocycles. The van der Waals surface area contributed by atoms with Crippen LogP contribution in [0.1, 0.15) is 19.0 Å². The Morgan fingerprint density at radius 2 is 1.95 bits per heavy atom. The number of rotatable bonds is 5. The lowest BCUT2D eigenvalue weighted by atomic mass is 10.3. The zero-order valence-electron chi connectivity index (χ0n) is 12.1. The minimum atomic E-state index is -4.62. The number of carbonyl (C=O) groups is 1. The van der Waals surface area contributed by atoms with Gasteiger partial charge in [0.1, 0.15) is 5.82 Å². The molecule has 0 radical (unpaired) electrons. The maximum absolute atomic E-state index is 12.7. The van der Waals surface area contributed by atoms with E-state index < -0.39 is 17.8 Å². The highest BCUT2D eigenvalue weighted by molar-refractivity contribution is 5.80. The molecular formula is C12H18F3N5O. The number of nitrogens with zero attached hydrogens (tertiary/aromatic N) is 4. The molecule has 0 atom stereocenters. The molecule has 1 rings (SSSR count). The van der Waals surface area contributed by atoms with Crippen molar-refractivity contribution in [2.45, 2.75) is 19.5 Å². The van der Waals surface area contributed by atoms with Crippen molar-refractivity contribution in [2.75, 3.05) is 37.8 Å². The van der Waals surface area contributed by atoms with Crippen LogP contribution < -0.4 is 10.6 Å². The van der Waals surface area contributed by atoms with Crippen LogP contribution in [0, 0.1) is 0 Å². The van der Waals surface area contributed by atoms with Gasteiger partial charge in [-0.3, -0.25) is 4.79 Å². The number of nitrogens with two attached hydrogens (primary N) is 1. The van der Waals surface area contributed by atoms with E-state index in [-0.39, 0.29) is 18.3 Å². The Morgan fingerprint density at radius 1 is 1.33 bits per heavy atom. The largest absolute Gasteiger partial charge is 0.433 e. The summed E-state index contributed by atoms with van der Waals surface area (Å²) < 4.78 is 38.2. The molecule has 0 aromatic carbocycles. The lowest BCUT2D eigenvalue weighted by Crippen LogP contribution is -2.37. The van der Waals surface area contributed by atoms with Crippen LogP contribution in [0.4, 0.5) is 24.9 Å². The van der Waals surface area contributed by atoms with Crippen molar-refractivity contribution in [3.05, 3.63) is 11.8 Å². The van der Waals surface area contributed by atoms with E-state index >= 15 is 0 Å². The third kappa shape index (κ3) is 4.76. The number of hydrogen-bond acceptors (Lipinski definition) is 5.